The van der Waals surface area contributed by atoms with Crippen molar-refractivity contribution >= 4 is 0 Å². The number of rotatable bonds is 1. The van der Waals surface area contributed by atoms with Crippen molar-refractivity contribution < 1.29 is 10.2 Å². The van der Waals surface area contributed by atoms with E-state index in [4.69, 9.17) is 21.7 Å². The first-order valence-electron chi connectivity index (χ1n) is 5.59. The van der Waals surface area contributed by atoms with Gasteiger partial charge in [-0.3, -0.25) is 0 Å². The Kier molecular flexibility index (Phi) is 10.1. The Morgan fingerprint density at radius 2 is 0.889 bits per heavy atom. The number of nitrogens with two attached hydrogens (primary N) is 2. The maximum atomic E-state index is 8.63. The number of para-hydroxylation sites is 2. The Morgan fingerprint density at radius 1 is 0.611 bits per heavy atom. The predicted molar refractivity (Wildman–Crippen MR) is 74.3 cm³/mol. The maximum absolute atomic E-state index is 8.63. The zero-order chi connectivity index (χ0) is 13.6. The molecule has 0 aromatic heterocycles. The van der Waals surface area contributed by atoms with Gasteiger partial charge in [-0.05, 0) is 24.3 Å². The van der Waals surface area contributed by atoms with Gasteiger partial charge < -0.3 is 21.7 Å². The van der Waals surface area contributed by atoms with Gasteiger partial charge in [0.1, 0.15) is 11.5 Å². The fraction of sp³-hybridized carbons (Fsp3) is 0.143. The van der Waals surface area contributed by atoms with Gasteiger partial charge in [0.2, 0.25) is 0 Å². The lowest BCUT2D eigenvalue weighted by Crippen LogP contribution is -2.11. The highest BCUT2D eigenvalue weighted by Gasteiger charge is 1.75. The topological polar surface area (TPSA) is 92.5 Å². The molecule has 4 nitrogen and oxygen atoms in total. The summed E-state index contributed by atoms with van der Waals surface area (Å²) in [6, 6.07) is 17.4. The first-order valence-corrected chi connectivity index (χ1v) is 5.59. The van der Waals surface area contributed by atoms with Gasteiger partial charge in [0, 0.05) is 13.1 Å². The summed E-state index contributed by atoms with van der Waals surface area (Å²) < 4.78 is 0. The quantitative estimate of drug-likeness (QED) is 0.618. The number of benzene rings is 2. The molecular formula is C14H20N2O2. The Bertz CT molecular complexity index is 340. The molecule has 2 rings (SSSR count). The molecule has 0 fully saturated rings. The van der Waals surface area contributed by atoms with Crippen molar-refractivity contribution in [2.75, 3.05) is 13.1 Å². The van der Waals surface area contributed by atoms with E-state index in [2.05, 4.69) is 0 Å². The van der Waals surface area contributed by atoms with Gasteiger partial charge in [-0.1, -0.05) is 36.4 Å². The van der Waals surface area contributed by atoms with Gasteiger partial charge in [0.15, 0.2) is 0 Å². The normalized spacial score (nSPS) is 8.33. The summed E-state index contributed by atoms with van der Waals surface area (Å²) in [6.07, 6.45) is 0. The minimum atomic E-state index is 0.322. The molecule has 0 saturated carbocycles. The summed E-state index contributed by atoms with van der Waals surface area (Å²) in [7, 11) is 0. The summed E-state index contributed by atoms with van der Waals surface area (Å²) in [5, 5.41) is 17.3. The molecule has 0 spiro atoms. The van der Waals surface area contributed by atoms with E-state index in [1.165, 1.54) is 0 Å². The van der Waals surface area contributed by atoms with Crippen molar-refractivity contribution in [2.45, 2.75) is 0 Å². The largest absolute Gasteiger partial charge is 0.508 e. The van der Waals surface area contributed by atoms with Crippen molar-refractivity contribution in [3.05, 3.63) is 60.7 Å². The predicted octanol–water partition coefficient (Wildman–Crippen LogP) is 1.69. The van der Waals surface area contributed by atoms with Gasteiger partial charge in [-0.2, -0.15) is 0 Å². The van der Waals surface area contributed by atoms with Gasteiger partial charge in [0.25, 0.3) is 0 Å². The molecule has 0 radical (unpaired) electrons. The van der Waals surface area contributed by atoms with Crippen molar-refractivity contribution in [1.82, 2.24) is 0 Å². The molecule has 98 valence electrons. The number of aromatic hydroxyl groups is 2. The van der Waals surface area contributed by atoms with Crippen molar-refractivity contribution in [2.24, 2.45) is 11.5 Å². The highest BCUT2D eigenvalue weighted by molar-refractivity contribution is 5.19. The summed E-state index contributed by atoms with van der Waals surface area (Å²) in [5.74, 6) is 0.644. The molecule has 0 aliphatic rings. The zero-order valence-corrected chi connectivity index (χ0v) is 10.2. The lowest BCUT2D eigenvalue weighted by molar-refractivity contribution is 0.475. The van der Waals surface area contributed by atoms with E-state index in [-0.39, 0.29) is 0 Å². The molecule has 0 bridgehead atoms. The second kappa shape index (κ2) is 11.4. The summed E-state index contributed by atoms with van der Waals surface area (Å²) in [5.41, 5.74) is 9.81. The first-order chi connectivity index (χ1) is 8.70. The molecule has 0 atom stereocenters. The standard InChI is InChI=1S/2C6H6O.C2H8N2/c2*7-6-4-2-1-3-5-6;3-1-2-4/h2*1-5,7H;1-4H2. The Hall–Kier alpha value is -2.04. The van der Waals surface area contributed by atoms with Crippen LogP contribution in [0.4, 0.5) is 0 Å². The van der Waals surface area contributed by atoms with Crippen LogP contribution in [0.25, 0.3) is 0 Å². The number of hydrogen-bond donors (Lipinski definition) is 4. The average molecular weight is 248 g/mol. The number of phenols is 2. The van der Waals surface area contributed by atoms with E-state index < -0.39 is 0 Å². The van der Waals surface area contributed by atoms with E-state index in [0.29, 0.717) is 24.6 Å². The average Bonchev–Trinajstić information content (AvgIpc) is 2.41. The number of phenolic OH excluding ortho intramolecular Hbond substituents is 2. The maximum Gasteiger partial charge on any atom is 0.115 e. The highest BCUT2D eigenvalue weighted by Crippen LogP contribution is 2.03. The Morgan fingerprint density at radius 3 is 1.00 bits per heavy atom. The van der Waals surface area contributed by atoms with Crippen LogP contribution in [0.3, 0.4) is 0 Å². The second-order valence-electron chi connectivity index (χ2n) is 3.25. The fourth-order valence-corrected chi connectivity index (χ4v) is 0.856. The van der Waals surface area contributed by atoms with Crippen LogP contribution in [0.15, 0.2) is 60.7 Å². The molecule has 0 aliphatic carbocycles. The van der Waals surface area contributed by atoms with Gasteiger partial charge in [-0.25, -0.2) is 0 Å². The van der Waals surface area contributed by atoms with Crippen LogP contribution in [0.2, 0.25) is 0 Å². The molecule has 0 heterocycles. The van der Waals surface area contributed by atoms with E-state index in [1.54, 1.807) is 48.5 Å². The van der Waals surface area contributed by atoms with Crippen LogP contribution >= 0.6 is 0 Å². The van der Waals surface area contributed by atoms with Crippen LogP contribution in [-0.2, 0) is 0 Å². The smallest absolute Gasteiger partial charge is 0.115 e. The van der Waals surface area contributed by atoms with Gasteiger partial charge >= 0.3 is 0 Å². The third-order valence-corrected chi connectivity index (χ3v) is 1.68. The van der Waals surface area contributed by atoms with Gasteiger partial charge in [0.05, 0.1) is 0 Å². The highest BCUT2D eigenvalue weighted by atomic mass is 16.3. The lowest BCUT2D eigenvalue weighted by Gasteiger charge is -1.82. The van der Waals surface area contributed by atoms with Crippen LogP contribution in [0.5, 0.6) is 11.5 Å². The molecule has 0 amide bonds. The summed E-state index contributed by atoms with van der Waals surface area (Å²) >= 11 is 0. The minimum Gasteiger partial charge on any atom is -0.508 e. The lowest BCUT2D eigenvalue weighted by atomic mass is 10.3. The van der Waals surface area contributed by atoms with Crippen LogP contribution < -0.4 is 11.5 Å². The Balaban J connectivity index is 0.000000253. The molecule has 4 heteroatoms. The summed E-state index contributed by atoms with van der Waals surface area (Å²) in [4.78, 5) is 0. The second-order valence-corrected chi connectivity index (χ2v) is 3.25. The van der Waals surface area contributed by atoms with Crippen LogP contribution in [0.1, 0.15) is 0 Å². The molecule has 0 saturated heterocycles. The third-order valence-electron chi connectivity index (χ3n) is 1.68. The van der Waals surface area contributed by atoms with E-state index >= 15 is 0 Å². The Labute approximate surface area is 107 Å². The molecular weight excluding hydrogens is 228 g/mol. The molecule has 0 unspecified atom stereocenters. The zero-order valence-electron chi connectivity index (χ0n) is 10.2. The van der Waals surface area contributed by atoms with Crippen molar-refractivity contribution in [1.29, 1.82) is 0 Å². The van der Waals surface area contributed by atoms with Crippen LogP contribution in [0, 0.1) is 0 Å². The summed E-state index contributed by atoms with van der Waals surface area (Å²) in [6.45, 7) is 1.19. The SMILES string of the molecule is NCCN.Oc1ccccc1.Oc1ccccc1. The van der Waals surface area contributed by atoms with Crippen LogP contribution in [-0.4, -0.2) is 23.3 Å². The monoisotopic (exact) mass is 248 g/mol. The molecule has 2 aromatic carbocycles. The van der Waals surface area contributed by atoms with E-state index in [1.807, 2.05) is 12.1 Å². The van der Waals surface area contributed by atoms with Gasteiger partial charge in [-0.15, -0.1) is 0 Å². The fourth-order valence-electron chi connectivity index (χ4n) is 0.856. The molecule has 2 aromatic rings. The third kappa shape index (κ3) is 10.5. The molecule has 6 N–H and O–H groups in total. The minimum absolute atomic E-state index is 0.322. The first kappa shape index (κ1) is 16.0. The van der Waals surface area contributed by atoms with E-state index in [9.17, 15) is 0 Å². The van der Waals surface area contributed by atoms with Crippen molar-refractivity contribution in [3.63, 3.8) is 0 Å². The van der Waals surface area contributed by atoms with Crippen molar-refractivity contribution in [3.8, 4) is 11.5 Å². The van der Waals surface area contributed by atoms with E-state index in [0.717, 1.165) is 0 Å². The molecule has 18 heavy (non-hydrogen) atoms. The molecule has 0 aliphatic heterocycles. The number of hydrogen-bond acceptors (Lipinski definition) is 4.